The van der Waals surface area contributed by atoms with E-state index in [-0.39, 0.29) is 48.3 Å². The molecule has 0 unspecified atom stereocenters. The van der Waals surface area contributed by atoms with Crippen molar-refractivity contribution < 1.29 is 56.1 Å². The molecule has 0 spiro atoms. The Morgan fingerprint density at radius 1 is 0.556 bits per heavy atom. The molecule has 0 atom stereocenters. The lowest BCUT2D eigenvalue weighted by Gasteiger charge is -2.16. The van der Waals surface area contributed by atoms with Crippen molar-refractivity contribution in [1.29, 1.82) is 0 Å². The van der Waals surface area contributed by atoms with E-state index in [9.17, 15) is 41.8 Å². The molecule has 0 aliphatic heterocycles. The zero-order chi connectivity index (χ0) is 51.6. The molecule has 0 saturated carbocycles. The summed E-state index contributed by atoms with van der Waals surface area (Å²) in [4.78, 5) is 47.5. The molecule has 3 N–H and O–H groups in total. The number of esters is 1. The van der Waals surface area contributed by atoms with Gasteiger partial charge in [0.1, 0.15) is 48.0 Å². The number of anilines is 2. The molecular weight excluding hydrogens is 976 g/mol. The van der Waals surface area contributed by atoms with E-state index in [2.05, 4.69) is 10.6 Å². The van der Waals surface area contributed by atoms with Crippen molar-refractivity contribution in [2.24, 2.45) is 0 Å². The van der Waals surface area contributed by atoms with Crippen LogP contribution in [-0.2, 0) is 27.5 Å². The standard InChI is InChI=1S/C29H26ClF2NO4.C27H22ClF2NO4/c1-3-36-29(35)20-11-19(12-23(13-20)33-17(2)34)24-5-4-6-25(24)26-14-21(30)8-10-28(26)37-16-18-7-9-22(31)15-27(18)32;1-15(32)31-21-10-17(9-18(11-21)27(33)34)22-3-2-4-23(22)24-12-19(28)6-8-26(24)35-14-16-5-7-20(29)13-25(16)30/h7-15H,3-6,16H2,1-2H3,(H,33,34);5-13H,2-4,14H2,1H3,(H,31,32)(H,33,34). The van der Waals surface area contributed by atoms with Gasteiger partial charge in [-0.1, -0.05) is 23.2 Å². The van der Waals surface area contributed by atoms with Gasteiger partial charge in [-0.15, -0.1) is 0 Å². The smallest absolute Gasteiger partial charge is 0.338 e. The van der Waals surface area contributed by atoms with Crippen LogP contribution >= 0.6 is 23.2 Å². The van der Waals surface area contributed by atoms with Crippen LogP contribution in [0.2, 0.25) is 10.0 Å². The Bertz CT molecular complexity index is 3160. The fourth-order valence-electron chi connectivity index (χ4n) is 8.65. The maximum absolute atomic E-state index is 14.2. The van der Waals surface area contributed by atoms with E-state index >= 15 is 0 Å². The van der Waals surface area contributed by atoms with Crippen molar-refractivity contribution in [2.45, 2.75) is 72.5 Å². The van der Waals surface area contributed by atoms with Gasteiger partial charge >= 0.3 is 11.9 Å². The Kier molecular flexibility index (Phi) is 17.2. The first-order valence-corrected chi connectivity index (χ1v) is 23.7. The van der Waals surface area contributed by atoms with Gasteiger partial charge in [-0.2, -0.15) is 0 Å². The van der Waals surface area contributed by atoms with Crippen molar-refractivity contribution in [1.82, 2.24) is 0 Å². The molecule has 6 aromatic carbocycles. The molecule has 372 valence electrons. The van der Waals surface area contributed by atoms with Crippen LogP contribution in [0.4, 0.5) is 28.9 Å². The van der Waals surface area contributed by atoms with Gasteiger partial charge in [-0.05, 0) is 176 Å². The van der Waals surface area contributed by atoms with Crippen LogP contribution in [0.1, 0.15) is 113 Å². The number of hydrogen-bond acceptors (Lipinski definition) is 7. The molecule has 72 heavy (non-hydrogen) atoms. The number of amides is 2. The summed E-state index contributed by atoms with van der Waals surface area (Å²) < 4.78 is 71.9. The molecule has 0 radical (unpaired) electrons. The number of rotatable bonds is 15. The monoisotopic (exact) mass is 1020 g/mol. The summed E-state index contributed by atoms with van der Waals surface area (Å²) in [5, 5.41) is 16.0. The molecule has 2 aliphatic rings. The van der Waals surface area contributed by atoms with Gasteiger partial charge in [0.25, 0.3) is 0 Å². The fraction of sp³-hybridized carbons (Fsp3) is 0.214. The minimum atomic E-state index is -1.10. The molecule has 2 amide bonds. The van der Waals surface area contributed by atoms with Crippen molar-refractivity contribution in [3.8, 4) is 11.5 Å². The van der Waals surface area contributed by atoms with Gasteiger partial charge in [-0.3, -0.25) is 9.59 Å². The van der Waals surface area contributed by atoms with Crippen LogP contribution in [-0.4, -0.2) is 35.5 Å². The molecular formula is C56H48Cl2F4N2O8. The maximum atomic E-state index is 14.2. The quantitative estimate of drug-likeness (QED) is 0.0682. The topological polar surface area (TPSA) is 140 Å². The van der Waals surface area contributed by atoms with Gasteiger partial charge in [0, 0.05) is 69.7 Å². The van der Waals surface area contributed by atoms with Crippen LogP contribution in [0.5, 0.6) is 11.5 Å². The molecule has 0 bridgehead atoms. The van der Waals surface area contributed by atoms with E-state index in [1.807, 2.05) is 6.07 Å². The predicted molar refractivity (Wildman–Crippen MR) is 270 cm³/mol. The third-order valence-corrected chi connectivity index (χ3v) is 12.2. The SMILES string of the molecule is CC(=O)Nc1cc(C(=O)O)cc(C2=C(c3cc(Cl)ccc3OCc3ccc(F)cc3F)CCC2)c1.CCOC(=O)c1cc(NC(C)=O)cc(C2=C(c3cc(Cl)ccc3OCc3ccc(F)cc3F)CCC2)c1. The molecule has 0 heterocycles. The van der Waals surface area contributed by atoms with Crippen molar-refractivity contribution in [2.75, 3.05) is 17.2 Å². The number of carbonyl (C=O) groups is 4. The molecule has 0 aromatic heterocycles. The lowest BCUT2D eigenvalue weighted by molar-refractivity contribution is -0.115. The fourth-order valence-corrected chi connectivity index (χ4v) is 8.99. The van der Waals surface area contributed by atoms with Crippen molar-refractivity contribution in [3.63, 3.8) is 0 Å². The molecule has 10 nitrogen and oxygen atoms in total. The molecule has 2 aliphatic carbocycles. The minimum absolute atomic E-state index is 0.0550. The molecule has 16 heteroatoms. The number of nitrogens with one attached hydrogen (secondary N) is 2. The second kappa shape index (κ2) is 23.7. The second-order valence-electron chi connectivity index (χ2n) is 16.9. The summed E-state index contributed by atoms with van der Waals surface area (Å²) in [5.74, 6) is -3.87. The van der Waals surface area contributed by atoms with Crippen LogP contribution in [0.15, 0.2) is 109 Å². The van der Waals surface area contributed by atoms with Gasteiger partial charge in [0.2, 0.25) is 11.8 Å². The number of carboxylic acid groups (broad SMARTS) is 1. The van der Waals surface area contributed by atoms with Gasteiger partial charge in [0.15, 0.2) is 0 Å². The third kappa shape index (κ3) is 13.3. The van der Waals surface area contributed by atoms with Crippen LogP contribution < -0.4 is 20.1 Å². The number of aromatic carboxylic acids is 1. The zero-order valence-corrected chi connectivity index (χ0v) is 40.8. The third-order valence-electron chi connectivity index (χ3n) is 11.7. The van der Waals surface area contributed by atoms with E-state index in [1.54, 1.807) is 67.6 Å². The average Bonchev–Trinajstić information content (AvgIpc) is 4.03. The molecule has 6 aromatic rings. The highest BCUT2D eigenvalue weighted by Crippen LogP contribution is 2.46. The number of carboxylic acids is 1. The average molecular weight is 1020 g/mol. The lowest BCUT2D eigenvalue weighted by atomic mass is 9.94. The Morgan fingerprint density at radius 2 is 0.986 bits per heavy atom. The van der Waals surface area contributed by atoms with Crippen molar-refractivity contribution >= 4 is 80.6 Å². The summed E-state index contributed by atoms with van der Waals surface area (Å²) in [7, 11) is 0. The Balaban J connectivity index is 0.000000212. The second-order valence-corrected chi connectivity index (χ2v) is 17.8. The minimum Gasteiger partial charge on any atom is -0.488 e. The van der Waals surface area contributed by atoms with Crippen molar-refractivity contribution in [3.05, 3.63) is 187 Å². The highest BCUT2D eigenvalue weighted by Gasteiger charge is 2.25. The number of carbonyl (C=O) groups excluding carboxylic acids is 3. The first-order chi connectivity index (χ1) is 34.5. The molecule has 0 fully saturated rings. The molecule has 0 saturated heterocycles. The number of halogens is 6. The first kappa shape index (κ1) is 52.4. The van der Waals surface area contributed by atoms with Gasteiger partial charge in [0.05, 0.1) is 17.7 Å². The van der Waals surface area contributed by atoms with E-state index in [1.165, 1.54) is 44.2 Å². The largest absolute Gasteiger partial charge is 0.488 e. The van der Waals surface area contributed by atoms with Crippen LogP contribution in [0.3, 0.4) is 0 Å². The Hall–Kier alpha value is -7.42. The normalized spacial score (nSPS) is 13.1. The summed E-state index contributed by atoms with van der Waals surface area (Å²) in [5.41, 5.74) is 8.43. The van der Waals surface area contributed by atoms with E-state index < -0.39 is 35.2 Å². The Morgan fingerprint density at radius 3 is 1.40 bits per heavy atom. The lowest BCUT2D eigenvalue weighted by Crippen LogP contribution is -2.10. The Labute approximate surface area is 423 Å². The summed E-state index contributed by atoms with van der Waals surface area (Å²) in [6.45, 7) is 4.51. The van der Waals surface area contributed by atoms with Gasteiger partial charge in [-0.25, -0.2) is 27.2 Å². The summed E-state index contributed by atoms with van der Waals surface area (Å²) >= 11 is 12.6. The highest BCUT2D eigenvalue weighted by molar-refractivity contribution is 6.31. The molecule has 8 rings (SSSR count). The first-order valence-electron chi connectivity index (χ1n) is 22.9. The zero-order valence-electron chi connectivity index (χ0n) is 39.3. The number of hydrogen-bond donors (Lipinski definition) is 3. The van der Waals surface area contributed by atoms with E-state index in [0.29, 0.717) is 62.5 Å². The highest BCUT2D eigenvalue weighted by atomic mass is 35.5. The van der Waals surface area contributed by atoms with Gasteiger partial charge < -0.3 is 30.0 Å². The summed E-state index contributed by atoms with van der Waals surface area (Å²) in [6.07, 6.45) is 4.55. The maximum Gasteiger partial charge on any atom is 0.338 e. The van der Waals surface area contributed by atoms with E-state index in [0.717, 1.165) is 71.2 Å². The number of allylic oxidation sites excluding steroid dienone is 4. The summed E-state index contributed by atoms with van der Waals surface area (Å²) in [6, 6.07) is 26.9. The van der Waals surface area contributed by atoms with E-state index in [4.69, 9.17) is 37.4 Å². The predicted octanol–water partition coefficient (Wildman–Crippen LogP) is 14.4. The van der Waals surface area contributed by atoms with Crippen LogP contribution in [0, 0.1) is 23.3 Å². The number of benzene rings is 6. The van der Waals surface area contributed by atoms with Crippen LogP contribution in [0.25, 0.3) is 22.3 Å². The number of ether oxygens (including phenoxy) is 3.